The van der Waals surface area contributed by atoms with Crippen molar-refractivity contribution in [2.75, 3.05) is 19.7 Å². The minimum atomic E-state index is -4.36. The third-order valence-electron chi connectivity index (χ3n) is 5.82. The van der Waals surface area contributed by atoms with Crippen molar-refractivity contribution in [3.63, 3.8) is 0 Å². The molecule has 1 saturated carbocycles. The van der Waals surface area contributed by atoms with E-state index in [1.165, 1.54) is 12.1 Å². The topological polar surface area (TPSA) is 29.5 Å². The quantitative estimate of drug-likeness (QED) is 0.699. The summed E-state index contributed by atoms with van der Waals surface area (Å²) in [6.45, 7) is 1.28. The fourth-order valence-corrected chi connectivity index (χ4v) is 5.30. The van der Waals surface area contributed by atoms with E-state index in [4.69, 9.17) is 4.74 Å². The van der Waals surface area contributed by atoms with Crippen molar-refractivity contribution in [3.8, 4) is 0 Å². The van der Waals surface area contributed by atoms with Crippen molar-refractivity contribution in [1.29, 1.82) is 0 Å². The first-order valence-corrected chi connectivity index (χ1v) is 10.4. The summed E-state index contributed by atoms with van der Waals surface area (Å²) in [4.78, 5) is 16.5. The minimum Gasteiger partial charge on any atom is -0.370 e. The Balaban J connectivity index is 1.53. The van der Waals surface area contributed by atoms with Gasteiger partial charge in [-0.15, -0.1) is 11.3 Å². The molecule has 0 bridgehead atoms. The summed E-state index contributed by atoms with van der Waals surface area (Å²) in [6.07, 6.45) is -0.971. The number of morpholine rings is 1. The average molecular weight is 409 g/mol. The lowest BCUT2D eigenvalue weighted by Gasteiger charge is -2.39. The molecule has 2 heterocycles. The molecule has 1 aromatic heterocycles. The van der Waals surface area contributed by atoms with Gasteiger partial charge in [0.1, 0.15) is 6.10 Å². The second-order valence-electron chi connectivity index (χ2n) is 7.50. The SMILES string of the molecule is O=C(N1CCOC(c2ccc(C(F)(F)F)cc2)C1)C1(c2cccs2)CCCC1. The number of benzene rings is 1. The number of hydrogen-bond donors (Lipinski definition) is 0. The van der Waals surface area contributed by atoms with Crippen LogP contribution in [0.2, 0.25) is 0 Å². The predicted molar refractivity (Wildman–Crippen MR) is 101 cm³/mol. The molecule has 28 heavy (non-hydrogen) atoms. The Hall–Kier alpha value is -1.86. The molecular weight excluding hydrogens is 387 g/mol. The lowest BCUT2D eigenvalue weighted by atomic mass is 9.82. The molecule has 1 atom stereocenters. The number of amides is 1. The summed E-state index contributed by atoms with van der Waals surface area (Å²) in [5.41, 5.74) is -0.458. The normalized spacial score (nSPS) is 22.4. The molecule has 2 aromatic rings. The molecule has 1 aromatic carbocycles. The number of carbonyl (C=O) groups excluding carboxylic acids is 1. The highest BCUT2D eigenvalue weighted by atomic mass is 32.1. The van der Waals surface area contributed by atoms with Crippen molar-refractivity contribution in [2.45, 2.75) is 43.4 Å². The van der Waals surface area contributed by atoms with Crippen LogP contribution in [-0.2, 0) is 21.1 Å². The number of carbonyl (C=O) groups is 1. The second kappa shape index (κ2) is 7.52. The van der Waals surface area contributed by atoms with Crippen LogP contribution < -0.4 is 0 Å². The van der Waals surface area contributed by atoms with E-state index in [-0.39, 0.29) is 5.91 Å². The molecule has 150 valence electrons. The van der Waals surface area contributed by atoms with Crippen LogP contribution in [0.4, 0.5) is 13.2 Å². The Bertz CT molecular complexity index is 811. The van der Waals surface area contributed by atoms with Gasteiger partial charge >= 0.3 is 6.18 Å². The van der Waals surface area contributed by atoms with Crippen molar-refractivity contribution >= 4 is 17.2 Å². The Morgan fingerprint density at radius 3 is 2.46 bits per heavy atom. The van der Waals surface area contributed by atoms with Gasteiger partial charge in [0, 0.05) is 11.4 Å². The fourth-order valence-electron chi connectivity index (χ4n) is 4.32. The van der Waals surface area contributed by atoms with Gasteiger partial charge in [-0.25, -0.2) is 0 Å². The maximum absolute atomic E-state index is 13.5. The maximum atomic E-state index is 13.5. The highest BCUT2D eigenvalue weighted by molar-refractivity contribution is 7.10. The monoisotopic (exact) mass is 409 g/mol. The fraction of sp³-hybridized carbons (Fsp3) is 0.476. The summed E-state index contributed by atoms with van der Waals surface area (Å²) in [6, 6.07) is 9.07. The molecule has 1 amide bonds. The molecule has 1 unspecified atom stereocenters. The molecule has 0 spiro atoms. The molecule has 1 aliphatic carbocycles. The summed E-state index contributed by atoms with van der Waals surface area (Å²) < 4.78 is 44.2. The number of thiophene rings is 1. The molecular formula is C21H22F3NO2S. The van der Waals surface area contributed by atoms with Crippen LogP contribution in [0.1, 0.15) is 47.8 Å². The number of rotatable bonds is 3. The number of hydrogen-bond acceptors (Lipinski definition) is 3. The summed E-state index contributed by atoms with van der Waals surface area (Å²) >= 11 is 1.63. The zero-order valence-electron chi connectivity index (χ0n) is 15.4. The molecule has 2 fully saturated rings. The van der Waals surface area contributed by atoms with Gasteiger partial charge in [0.2, 0.25) is 5.91 Å². The third-order valence-corrected chi connectivity index (χ3v) is 6.90. The number of halogens is 3. The Kier molecular flexibility index (Phi) is 5.22. The number of nitrogens with zero attached hydrogens (tertiary/aromatic N) is 1. The highest BCUT2D eigenvalue weighted by Gasteiger charge is 2.46. The van der Waals surface area contributed by atoms with Crippen LogP contribution in [0.15, 0.2) is 41.8 Å². The van der Waals surface area contributed by atoms with Crippen LogP contribution in [0.5, 0.6) is 0 Å². The van der Waals surface area contributed by atoms with Gasteiger partial charge in [-0.2, -0.15) is 13.2 Å². The third kappa shape index (κ3) is 3.57. The smallest absolute Gasteiger partial charge is 0.370 e. The van der Waals surface area contributed by atoms with Crippen molar-refractivity contribution < 1.29 is 22.7 Å². The largest absolute Gasteiger partial charge is 0.416 e. The van der Waals surface area contributed by atoms with Gasteiger partial charge in [0.05, 0.1) is 24.1 Å². The zero-order chi connectivity index (χ0) is 19.8. The molecule has 1 aliphatic heterocycles. The van der Waals surface area contributed by atoms with Crippen LogP contribution >= 0.6 is 11.3 Å². The Morgan fingerprint density at radius 2 is 1.86 bits per heavy atom. The average Bonchev–Trinajstić information content (AvgIpc) is 3.39. The van der Waals surface area contributed by atoms with E-state index in [1.54, 1.807) is 11.3 Å². The van der Waals surface area contributed by atoms with Crippen LogP contribution in [0.3, 0.4) is 0 Å². The van der Waals surface area contributed by atoms with E-state index in [2.05, 4.69) is 0 Å². The van der Waals surface area contributed by atoms with Gasteiger partial charge < -0.3 is 9.64 Å². The molecule has 0 N–H and O–H groups in total. The van der Waals surface area contributed by atoms with Gasteiger partial charge in [0.25, 0.3) is 0 Å². The van der Waals surface area contributed by atoms with Crippen molar-refractivity contribution in [3.05, 3.63) is 57.8 Å². The second-order valence-corrected chi connectivity index (χ2v) is 8.44. The zero-order valence-corrected chi connectivity index (χ0v) is 16.2. The molecule has 0 radical (unpaired) electrons. The number of alkyl halides is 3. The van der Waals surface area contributed by atoms with E-state index in [1.807, 2.05) is 22.4 Å². The first-order chi connectivity index (χ1) is 13.4. The van der Waals surface area contributed by atoms with Crippen LogP contribution in [-0.4, -0.2) is 30.5 Å². The van der Waals surface area contributed by atoms with E-state index in [9.17, 15) is 18.0 Å². The van der Waals surface area contributed by atoms with Gasteiger partial charge in [-0.1, -0.05) is 31.0 Å². The highest BCUT2D eigenvalue weighted by Crippen LogP contribution is 2.45. The Labute approximate surface area is 166 Å². The van der Waals surface area contributed by atoms with Crippen LogP contribution in [0.25, 0.3) is 0 Å². The van der Waals surface area contributed by atoms with Crippen LogP contribution in [0, 0.1) is 0 Å². The van der Waals surface area contributed by atoms with Crippen molar-refractivity contribution in [2.24, 2.45) is 0 Å². The Morgan fingerprint density at radius 1 is 1.14 bits per heavy atom. The predicted octanol–water partition coefficient (Wildman–Crippen LogP) is 5.18. The summed E-state index contributed by atoms with van der Waals surface area (Å²) in [5, 5.41) is 2.01. The minimum absolute atomic E-state index is 0.132. The molecule has 1 saturated heterocycles. The lowest BCUT2D eigenvalue weighted by Crippen LogP contribution is -2.50. The van der Waals surface area contributed by atoms with E-state index >= 15 is 0 Å². The van der Waals surface area contributed by atoms with E-state index in [0.29, 0.717) is 25.3 Å². The van der Waals surface area contributed by atoms with E-state index < -0.39 is 23.3 Å². The lowest BCUT2D eigenvalue weighted by molar-refractivity contribution is -0.145. The summed E-state index contributed by atoms with van der Waals surface area (Å²) in [5.74, 6) is 0.132. The van der Waals surface area contributed by atoms with Crippen molar-refractivity contribution in [1.82, 2.24) is 4.90 Å². The molecule has 2 aliphatic rings. The molecule has 7 heteroatoms. The van der Waals surface area contributed by atoms with Gasteiger partial charge in [-0.05, 0) is 42.0 Å². The number of ether oxygens (including phenoxy) is 1. The molecule has 3 nitrogen and oxygen atoms in total. The first-order valence-electron chi connectivity index (χ1n) is 9.52. The van der Waals surface area contributed by atoms with E-state index in [0.717, 1.165) is 42.7 Å². The van der Waals surface area contributed by atoms with Gasteiger partial charge in [0.15, 0.2) is 0 Å². The molecule has 4 rings (SSSR count). The first kappa shape index (κ1) is 19.5. The summed E-state index contributed by atoms with van der Waals surface area (Å²) in [7, 11) is 0. The van der Waals surface area contributed by atoms with Gasteiger partial charge in [-0.3, -0.25) is 4.79 Å². The maximum Gasteiger partial charge on any atom is 0.416 e. The standard InChI is InChI=1S/C21H22F3NO2S/c22-21(23,24)16-7-5-15(6-8-16)17-14-25(11-12-27-17)19(26)20(9-1-2-10-20)18-4-3-13-28-18/h3-8,13,17H,1-2,9-12,14H2.